The largest absolute Gasteiger partial charge is 0.482 e. The number of rotatable bonds is 4. The molecule has 0 aliphatic rings. The fraction of sp³-hybridized carbons (Fsp3) is 0.0667. The number of para-hydroxylation sites is 1. The molecule has 0 bridgehead atoms. The zero-order chi connectivity index (χ0) is 14.7. The molecule has 1 heterocycles. The van der Waals surface area contributed by atoms with Crippen LogP contribution in [0.1, 0.15) is 5.82 Å². The quantitative estimate of drug-likeness (QED) is 0.736. The maximum Gasteiger partial charge on any atom is 0.258 e. The third kappa shape index (κ3) is 3.05. The molecule has 0 fully saturated rings. The molecule has 0 saturated heterocycles. The van der Waals surface area contributed by atoms with Gasteiger partial charge in [0.05, 0.1) is 0 Å². The van der Waals surface area contributed by atoms with Crippen molar-refractivity contribution < 1.29 is 18.0 Å². The Bertz CT molecular complexity index is 741. The van der Waals surface area contributed by atoms with Crippen LogP contribution in [0.3, 0.4) is 0 Å². The Kier molecular flexibility index (Phi) is 3.59. The summed E-state index contributed by atoms with van der Waals surface area (Å²) in [5.74, 6) is -0.161. The number of hydrogen-bond donors (Lipinski definition) is 0. The first-order valence-corrected chi connectivity index (χ1v) is 6.18. The summed E-state index contributed by atoms with van der Waals surface area (Å²) in [5.41, 5.74) is 0.598. The molecule has 0 aliphatic heterocycles. The van der Waals surface area contributed by atoms with Gasteiger partial charge in [-0.25, -0.2) is 8.78 Å². The molecule has 21 heavy (non-hydrogen) atoms. The van der Waals surface area contributed by atoms with Crippen LogP contribution in [-0.2, 0) is 6.61 Å². The van der Waals surface area contributed by atoms with Crippen molar-refractivity contribution in [2.24, 2.45) is 0 Å². The minimum absolute atomic E-state index is 0.0222. The molecule has 0 N–H and O–H groups in total. The van der Waals surface area contributed by atoms with Gasteiger partial charge in [0, 0.05) is 5.56 Å². The maximum absolute atomic E-state index is 13.4. The molecule has 4 nitrogen and oxygen atoms in total. The van der Waals surface area contributed by atoms with Crippen molar-refractivity contribution in [3.8, 4) is 17.2 Å². The van der Waals surface area contributed by atoms with Crippen molar-refractivity contribution in [3.63, 3.8) is 0 Å². The summed E-state index contributed by atoms with van der Waals surface area (Å²) in [6, 6.07) is 11.7. The Balaban J connectivity index is 1.71. The van der Waals surface area contributed by atoms with Crippen LogP contribution in [-0.4, -0.2) is 10.1 Å². The van der Waals surface area contributed by atoms with Crippen LogP contribution in [0, 0.1) is 11.6 Å². The van der Waals surface area contributed by atoms with Crippen molar-refractivity contribution in [3.05, 3.63) is 66.0 Å². The summed E-state index contributed by atoms with van der Waals surface area (Å²) in [6.45, 7) is -0.0222. The molecule has 3 aromatic rings. The van der Waals surface area contributed by atoms with Gasteiger partial charge in [0.2, 0.25) is 5.82 Å². The average molecular weight is 288 g/mol. The average Bonchev–Trinajstić information content (AvgIpc) is 2.96. The summed E-state index contributed by atoms with van der Waals surface area (Å²) < 4.78 is 36.5. The van der Waals surface area contributed by atoms with Gasteiger partial charge >= 0.3 is 0 Å². The van der Waals surface area contributed by atoms with Crippen molar-refractivity contribution in [2.75, 3.05) is 0 Å². The van der Waals surface area contributed by atoms with E-state index in [9.17, 15) is 8.78 Å². The summed E-state index contributed by atoms with van der Waals surface area (Å²) in [4.78, 5) is 4.11. The highest BCUT2D eigenvalue weighted by Gasteiger charge is 2.10. The second-order valence-corrected chi connectivity index (χ2v) is 4.24. The summed E-state index contributed by atoms with van der Waals surface area (Å²) in [6.07, 6.45) is 0. The number of halogens is 2. The van der Waals surface area contributed by atoms with E-state index in [1.165, 1.54) is 36.4 Å². The Morgan fingerprint density at radius 2 is 1.76 bits per heavy atom. The first kappa shape index (κ1) is 13.2. The maximum atomic E-state index is 13.4. The first-order chi connectivity index (χ1) is 10.2. The molecule has 0 radical (unpaired) electrons. The monoisotopic (exact) mass is 288 g/mol. The van der Waals surface area contributed by atoms with E-state index >= 15 is 0 Å². The smallest absolute Gasteiger partial charge is 0.258 e. The molecule has 106 valence electrons. The lowest BCUT2D eigenvalue weighted by Gasteiger charge is -2.03. The first-order valence-electron chi connectivity index (χ1n) is 6.18. The van der Waals surface area contributed by atoms with E-state index in [4.69, 9.17) is 9.26 Å². The zero-order valence-electron chi connectivity index (χ0n) is 10.8. The minimum atomic E-state index is -0.459. The van der Waals surface area contributed by atoms with Gasteiger partial charge in [-0.15, -0.1) is 0 Å². The van der Waals surface area contributed by atoms with Crippen molar-refractivity contribution in [2.45, 2.75) is 6.61 Å². The van der Waals surface area contributed by atoms with E-state index in [1.54, 1.807) is 12.1 Å². The van der Waals surface area contributed by atoms with Crippen LogP contribution in [0.2, 0.25) is 0 Å². The van der Waals surface area contributed by atoms with Crippen molar-refractivity contribution in [1.29, 1.82) is 0 Å². The van der Waals surface area contributed by atoms with E-state index in [0.717, 1.165) is 0 Å². The number of ether oxygens (including phenoxy) is 1. The number of aromatic nitrogens is 2. The van der Waals surface area contributed by atoms with Gasteiger partial charge in [0.15, 0.2) is 18.2 Å². The predicted octanol–water partition coefficient (Wildman–Crippen LogP) is 3.59. The highest BCUT2D eigenvalue weighted by molar-refractivity contribution is 5.52. The van der Waals surface area contributed by atoms with Crippen LogP contribution in [0.25, 0.3) is 11.5 Å². The van der Waals surface area contributed by atoms with Gasteiger partial charge in [-0.3, -0.25) is 0 Å². The third-order valence-electron chi connectivity index (χ3n) is 2.75. The SMILES string of the molecule is Fc1ccc(-c2nc(COc3ccccc3F)no2)cc1. The Morgan fingerprint density at radius 3 is 2.52 bits per heavy atom. The molecular weight excluding hydrogens is 278 g/mol. The van der Waals surface area contributed by atoms with E-state index in [1.807, 2.05) is 0 Å². The van der Waals surface area contributed by atoms with E-state index in [0.29, 0.717) is 5.56 Å². The van der Waals surface area contributed by atoms with Crippen LogP contribution in [0.15, 0.2) is 53.1 Å². The Hall–Kier alpha value is -2.76. The molecule has 3 rings (SSSR count). The summed E-state index contributed by atoms with van der Waals surface area (Å²) >= 11 is 0. The summed E-state index contributed by atoms with van der Waals surface area (Å²) in [7, 11) is 0. The van der Waals surface area contributed by atoms with Gasteiger partial charge < -0.3 is 9.26 Å². The number of hydrogen-bond acceptors (Lipinski definition) is 4. The lowest BCUT2D eigenvalue weighted by Crippen LogP contribution is -1.99. The van der Waals surface area contributed by atoms with Crippen LogP contribution < -0.4 is 4.74 Å². The number of nitrogens with zero attached hydrogens (tertiary/aromatic N) is 2. The normalized spacial score (nSPS) is 10.6. The van der Waals surface area contributed by atoms with Crippen LogP contribution in [0.4, 0.5) is 8.78 Å². The third-order valence-corrected chi connectivity index (χ3v) is 2.75. The van der Waals surface area contributed by atoms with Gasteiger partial charge in [-0.2, -0.15) is 4.98 Å². The zero-order valence-corrected chi connectivity index (χ0v) is 10.8. The van der Waals surface area contributed by atoms with Gasteiger partial charge in [-0.05, 0) is 36.4 Å². The lowest BCUT2D eigenvalue weighted by atomic mass is 10.2. The second kappa shape index (κ2) is 5.70. The standard InChI is InChI=1S/C15H10F2N2O2/c16-11-7-5-10(6-8-11)15-18-14(19-21-15)9-20-13-4-2-1-3-12(13)17/h1-8H,9H2. The fourth-order valence-electron chi connectivity index (χ4n) is 1.73. The van der Waals surface area contributed by atoms with Crippen molar-refractivity contribution >= 4 is 0 Å². The molecule has 0 atom stereocenters. The predicted molar refractivity (Wildman–Crippen MR) is 70.4 cm³/mol. The van der Waals surface area contributed by atoms with Crippen LogP contribution in [0.5, 0.6) is 5.75 Å². The van der Waals surface area contributed by atoms with E-state index in [-0.39, 0.29) is 29.9 Å². The summed E-state index contributed by atoms with van der Waals surface area (Å²) in [5, 5.41) is 3.73. The molecule has 6 heteroatoms. The van der Waals surface area contributed by atoms with Crippen LogP contribution >= 0.6 is 0 Å². The highest BCUT2D eigenvalue weighted by atomic mass is 19.1. The number of benzene rings is 2. The topological polar surface area (TPSA) is 48.2 Å². The Morgan fingerprint density at radius 1 is 1.00 bits per heavy atom. The molecular formula is C15H10F2N2O2. The van der Waals surface area contributed by atoms with E-state index in [2.05, 4.69) is 10.1 Å². The fourth-order valence-corrected chi connectivity index (χ4v) is 1.73. The lowest BCUT2D eigenvalue weighted by molar-refractivity contribution is 0.274. The van der Waals surface area contributed by atoms with Gasteiger partial charge in [0.1, 0.15) is 5.82 Å². The molecule has 0 amide bonds. The van der Waals surface area contributed by atoms with Crippen molar-refractivity contribution in [1.82, 2.24) is 10.1 Å². The molecule has 2 aromatic carbocycles. The van der Waals surface area contributed by atoms with Gasteiger partial charge in [0.25, 0.3) is 5.89 Å². The molecule has 0 unspecified atom stereocenters. The molecule has 1 aromatic heterocycles. The Labute approximate surface area is 119 Å². The van der Waals surface area contributed by atoms with E-state index < -0.39 is 5.82 Å². The van der Waals surface area contributed by atoms with Gasteiger partial charge in [-0.1, -0.05) is 17.3 Å². The molecule has 0 aliphatic carbocycles. The second-order valence-electron chi connectivity index (χ2n) is 4.24. The minimum Gasteiger partial charge on any atom is -0.482 e. The molecule has 0 saturated carbocycles. The highest BCUT2D eigenvalue weighted by Crippen LogP contribution is 2.19. The molecule has 0 spiro atoms.